The number of carbonyl (C=O) groups excluding carboxylic acids is 2. The zero-order chi connectivity index (χ0) is 18.9. The quantitative estimate of drug-likeness (QED) is 0.823. The highest BCUT2D eigenvalue weighted by atomic mass is 16.5. The van der Waals surface area contributed by atoms with Crippen molar-refractivity contribution in [3.63, 3.8) is 0 Å². The molecule has 1 aliphatic heterocycles. The molecule has 26 heavy (non-hydrogen) atoms. The van der Waals surface area contributed by atoms with Gasteiger partial charge in [-0.25, -0.2) is 4.79 Å². The summed E-state index contributed by atoms with van der Waals surface area (Å²) in [4.78, 5) is 30.1. The van der Waals surface area contributed by atoms with Crippen molar-refractivity contribution in [2.45, 2.75) is 33.6 Å². The Morgan fingerprint density at radius 2 is 2.12 bits per heavy atom. The number of methoxy groups -OCH3 is 1. The van der Waals surface area contributed by atoms with Crippen LogP contribution in [0.25, 0.3) is 10.9 Å². The fourth-order valence-electron chi connectivity index (χ4n) is 3.87. The first kappa shape index (κ1) is 18.5. The number of hydrogen-bond donors (Lipinski definition) is 2. The van der Waals surface area contributed by atoms with Crippen LogP contribution in [0.1, 0.15) is 42.7 Å². The molecule has 1 fully saturated rings. The van der Waals surface area contributed by atoms with Crippen LogP contribution in [0.3, 0.4) is 0 Å². The number of piperidine rings is 1. The fourth-order valence-corrected chi connectivity index (χ4v) is 3.87. The van der Waals surface area contributed by atoms with Crippen molar-refractivity contribution in [1.82, 2.24) is 9.88 Å². The SMILES string of the molecule is COC(=O)c1[nH]c2cccc(C)c2c1NC(=O)CN1CCCC(C)(C)C1. The summed E-state index contributed by atoms with van der Waals surface area (Å²) < 4.78 is 4.87. The number of aryl methyl sites for hydroxylation is 1. The van der Waals surface area contributed by atoms with Gasteiger partial charge in [-0.3, -0.25) is 9.69 Å². The molecule has 2 N–H and O–H groups in total. The van der Waals surface area contributed by atoms with Crippen molar-refractivity contribution in [3.8, 4) is 0 Å². The smallest absolute Gasteiger partial charge is 0.356 e. The van der Waals surface area contributed by atoms with Crippen LogP contribution < -0.4 is 5.32 Å². The van der Waals surface area contributed by atoms with E-state index in [0.717, 1.165) is 36.0 Å². The Morgan fingerprint density at radius 3 is 2.81 bits per heavy atom. The molecule has 140 valence electrons. The largest absolute Gasteiger partial charge is 0.464 e. The molecule has 0 spiro atoms. The Labute approximate surface area is 153 Å². The molecule has 1 aliphatic rings. The number of carbonyl (C=O) groups is 2. The minimum Gasteiger partial charge on any atom is -0.464 e. The number of likely N-dealkylation sites (tertiary alicyclic amines) is 1. The van der Waals surface area contributed by atoms with Crippen molar-refractivity contribution < 1.29 is 14.3 Å². The number of fused-ring (bicyclic) bond motifs is 1. The van der Waals surface area contributed by atoms with Gasteiger partial charge in [0.2, 0.25) is 5.91 Å². The van der Waals surface area contributed by atoms with Gasteiger partial charge >= 0.3 is 5.97 Å². The predicted molar refractivity (Wildman–Crippen MR) is 102 cm³/mol. The predicted octanol–water partition coefficient (Wildman–Crippen LogP) is 3.32. The maximum absolute atomic E-state index is 12.7. The number of esters is 1. The molecule has 1 amide bonds. The molecule has 1 saturated heterocycles. The second-order valence-corrected chi connectivity index (χ2v) is 7.89. The van der Waals surface area contributed by atoms with Gasteiger partial charge in [-0.2, -0.15) is 0 Å². The first-order valence-corrected chi connectivity index (χ1v) is 9.02. The van der Waals surface area contributed by atoms with Crippen molar-refractivity contribution in [2.24, 2.45) is 5.41 Å². The lowest BCUT2D eigenvalue weighted by Crippen LogP contribution is -2.43. The normalized spacial score (nSPS) is 17.2. The number of hydrogen-bond acceptors (Lipinski definition) is 4. The Morgan fingerprint density at radius 1 is 1.35 bits per heavy atom. The minimum atomic E-state index is -0.491. The van der Waals surface area contributed by atoms with Gasteiger partial charge in [0.15, 0.2) is 0 Å². The highest BCUT2D eigenvalue weighted by Crippen LogP contribution is 2.32. The number of nitrogens with one attached hydrogen (secondary N) is 2. The first-order valence-electron chi connectivity index (χ1n) is 9.02. The molecule has 0 bridgehead atoms. The minimum absolute atomic E-state index is 0.114. The molecule has 6 nitrogen and oxygen atoms in total. The van der Waals surface area contributed by atoms with E-state index < -0.39 is 5.97 Å². The number of ether oxygens (including phenoxy) is 1. The van der Waals surface area contributed by atoms with Crippen LogP contribution in [-0.2, 0) is 9.53 Å². The lowest BCUT2D eigenvalue weighted by Gasteiger charge is -2.37. The number of anilines is 1. The van der Waals surface area contributed by atoms with Gasteiger partial charge in [0, 0.05) is 17.4 Å². The second kappa shape index (κ2) is 7.11. The van der Waals surface area contributed by atoms with E-state index in [2.05, 4.69) is 29.0 Å². The van der Waals surface area contributed by atoms with Crippen molar-refractivity contribution in [1.29, 1.82) is 0 Å². The Balaban J connectivity index is 1.85. The standard InChI is InChI=1S/C20H27N3O3/c1-13-7-5-8-14-16(13)17(18(21-14)19(25)26-4)22-15(24)11-23-10-6-9-20(2,3)12-23/h5,7-8,21H,6,9-12H2,1-4H3,(H,22,24). The number of amides is 1. The van der Waals surface area contributed by atoms with E-state index in [1.165, 1.54) is 13.5 Å². The molecule has 0 atom stereocenters. The van der Waals surface area contributed by atoms with Gasteiger partial charge in [0.05, 0.1) is 19.3 Å². The molecule has 2 heterocycles. The third-order valence-corrected chi connectivity index (χ3v) is 5.03. The van der Waals surface area contributed by atoms with E-state index in [-0.39, 0.29) is 17.0 Å². The van der Waals surface area contributed by atoms with Gasteiger partial charge in [-0.15, -0.1) is 0 Å². The van der Waals surface area contributed by atoms with Crippen molar-refractivity contribution in [2.75, 3.05) is 32.1 Å². The molecule has 6 heteroatoms. The topological polar surface area (TPSA) is 74.4 Å². The molecular formula is C20H27N3O3. The summed E-state index contributed by atoms with van der Waals surface area (Å²) in [5.41, 5.74) is 2.81. The number of H-pyrrole nitrogens is 1. The van der Waals surface area contributed by atoms with Gasteiger partial charge in [0.25, 0.3) is 0 Å². The second-order valence-electron chi connectivity index (χ2n) is 7.89. The molecule has 0 saturated carbocycles. The van der Waals surface area contributed by atoms with Crippen molar-refractivity contribution >= 4 is 28.5 Å². The van der Waals surface area contributed by atoms with E-state index in [0.29, 0.717) is 12.2 Å². The molecule has 1 aromatic heterocycles. The highest BCUT2D eigenvalue weighted by molar-refractivity contribution is 6.12. The Kier molecular flexibility index (Phi) is 5.05. The number of aromatic nitrogens is 1. The van der Waals surface area contributed by atoms with Crippen LogP contribution in [-0.4, -0.2) is 48.5 Å². The summed E-state index contributed by atoms with van der Waals surface area (Å²) in [6.45, 7) is 8.57. The maximum atomic E-state index is 12.7. The van der Waals surface area contributed by atoms with Gasteiger partial charge in [0.1, 0.15) is 5.69 Å². The fraction of sp³-hybridized carbons (Fsp3) is 0.500. The van der Waals surface area contributed by atoms with E-state index in [4.69, 9.17) is 4.74 Å². The van der Waals surface area contributed by atoms with Crippen LogP contribution in [0.2, 0.25) is 0 Å². The number of nitrogens with zero attached hydrogens (tertiary/aromatic N) is 1. The lowest BCUT2D eigenvalue weighted by atomic mass is 9.84. The summed E-state index contributed by atoms with van der Waals surface area (Å²) in [6.07, 6.45) is 2.28. The average molecular weight is 357 g/mol. The molecular weight excluding hydrogens is 330 g/mol. The molecule has 0 aliphatic carbocycles. The summed E-state index contributed by atoms with van der Waals surface area (Å²) in [5.74, 6) is -0.605. The third kappa shape index (κ3) is 3.75. The summed E-state index contributed by atoms with van der Waals surface area (Å²) >= 11 is 0. The molecule has 0 unspecified atom stereocenters. The summed E-state index contributed by atoms with van der Waals surface area (Å²) in [6, 6.07) is 5.76. The van der Waals surface area contributed by atoms with Crippen molar-refractivity contribution in [3.05, 3.63) is 29.5 Å². The van der Waals surface area contributed by atoms with E-state index in [1.54, 1.807) is 0 Å². The van der Waals surface area contributed by atoms with Gasteiger partial charge < -0.3 is 15.0 Å². The monoisotopic (exact) mass is 357 g/mol. The van der Waals surface area contributed by atoms with E-state index in [9.17, 15) is 9.59 Å². The van der Waals surface area contributed by atoms with Crippen LogP contribution in [0.4, 0.5) is 5.69 Å². The van der Waals surface area contributed by atoms with E-state index >= 15 is 0 Å². The van der Waals surface area contributed by atoms with Crippen LogP contribution >= 0.6 is 0 Å². The molecule has 0 radical (unpaired) electrons. The van der Waals surface area contributed by atoms with Crippen LogP contribution in [0.15, 0.2) is 18.2 Å². The zero-order valence-corrected chi connectivity index (χ0v) is 15.9. The maximum Gasteiger partial charge on any atom is 0.356 e. The van der Waals surface area contributed by atoms with E-state index in [1.807, 2.05) is 25.1 Å². The first-order chi connectivity index (χ1) is 12.3. The lowest BCUT2D eigenvalue weighted by molar-refractivity contribution is -0.118. The van der Waals surface area contributed by atoms with Gasteiger partial charge in [-0.05, 0) is 43.4 Å². The van der Waals surface area contributed by atoms with Crippen LogP contribution in [0, 0.1) is 12.3 Å². The molecule has 1 aromatic carbocycles. The number of aromatic amines is 1. The zero-order valence-electron chi connectivity index (χ0n) is 15.9. The Bertz CT molecular complexity index is 838. The Hall–Kier alpha value is -2.34. The third-order valence-electron chi connectivity index (χ3n) is 5.03. The number of benzene rings is 1. The summed E-state index contributed by atoms with van der Waals surface area (Å²) in [7, 11) is 1.34. The molecule has 2 aromatic rings. The summed E-state index contributed by atoms with van der Waals surface area (Å²) in [5, 5.41) is 3.80. The van der Waals surface area contributed by atoms with Crippen LogP contribution in [0.5, 0.6) is 0 Å². The molecule has 3 rings (SSSR count). The number of rotatable bonds is 4. The van der Waals surface area contributed by atoms with Gasteiger partial charge in [-0.1, -0.05) is 26.0 Å². The highest BCUT2D eigenvalue weighted by Gasteiger charge is 2.28. The average Bonchev–Trinajstić information content (AvgIpc) is 2.93.